The number of aryl methyl sites for hydroxylation is 1. The SMILES string of the molecule is Cc1ccccc1N1CCN(c2ccc(C(=O)NCc3cccc(-c4nccs4)c3)cc2NC(=O)c2coc(C3CC3)n2)CC1. The van der Waals surface area contributed by atoms with Crippen LogP contribution in [-0.4, -0.2) is 48.0 Å². The summed E-state index contributed by atoms with van der Waals surface area (Å²) < 4.78 is 5.57. The molecule has 1 saturated carbocycles. The number of carbonyl (C=O) groups is 2. The number of nitrogens with zero attached hydrogens (tertiary/aromatic N) is 4. The lowest BCUT2D eigenvalue weighted by Gasteiger charge is -2.38. The average molecular weight is 619 g/mol. The molecule has 9 nitrogen and oxygen atoms in total. The number of piperazine rings is 1. The minimum absolute atomic E-state index is 0.224. The predicted molar refractivity (Wildman–Crippen MR) is 177 cm³/mol. The molecule has 2 aromatic heterocycles. The maximum Gasteiger partial charge on any atom is 0.277 e. The Bertz CT molecular complexity index is 1820. The Kier molecular flexibility index (Phi) is 8.04. The van der Waals surface area contributed by atoms with Gasteiger partial charge in [0, 0.05) is 67.0 Å². The fourth-order valence-corrected chi connectivity index (χ4v) is 6.36. The number of hydrogen-bond donors (Lipinski definition) is 2. The van der Waals surface area contributed by atoms with E-state index in [2.05, 4.69) is 61.6 Å². The first kappa shape index (κ1) is 28.8. The molecule has 10 heteroatoms. The number of benzene rings is 3. The molecular formula is C35H34N6O3S. The molecule has 7 rings (SSSR count). The predicted octanol–water partition coefficient (Wildman–Crippen LogP) is 6.49. The topological polar surface area (TPSA) is 104 Å². The van der Waals surface area contributed by atoms with Crippen molar-refractivity contribution in [3.05, 3.63) is 113 Å². The van der Waals surface area contributed by atoms with Gasteiger partial charge in [-0.2, -0.15) is 0 Å². The van der Waals surface area contributed by atoms with E-state index in [0.717, 1.165) is 60.8 Å². The first-order valence-corrected chi connectivity index (χ1v) is 16.1. The summed E-state index contributed by atoms with van der Waals surface area (Å²) in [5, 5.41) is 8.96. The zero-order chi connectivity index (χ0) is 30.8. The Morgan fingerprint density at radius 2 is 1.73 bits per heavy atom. The molecule has 0 radical (unpaired) electrons. The van der Waals surface area contributed by atoms with Gasteiger partial charge in [-0.15, -0.1) is 11.3 Å². The number of carbonyl (C=O) groups excluding carboxylic acids is 2. The average Bonchev–Trinajstić information content (AvgIpc) is 3.53. The van der Waals surface area contributed by atoms with Gasteiger partial charge >= 0.3 is 0 Å². The summed E-state index contributed by atoms with van der Waals surface area (Å²) in [4.78, 5) is 40.2. The zero-order valence-corrected chi connectivity index (χ0v) is 25.8. The van der Waals surface area contributed by atoms with Gasteiger partial charge < -0.3 is 24.9 Å². The molecule has 2 N–H and O–H groups in total. The Hall–Kier alpha value is -4.96. The molecule has 1 aliphatic heterocycles. The number of rotatable bonds is 9. The van der Waals surface area contributed by atoms with Gasteiger partial charge in [0.05, 0.1) is 11.4 Å². The van der Waals surface area contributed by atoms with Crippen molar-refractivity contribution in [3.8, 4) is 10.6 Å². The van der Waals surface area contributed by atoms with Crippen LogP contribution < -0.4 is 20.4 Å². The smallest absolute Gasteiger partial charge is 0.277 e. The number of para-hydroxylation sites is 1. The molecular weight excluding hydrogens is 584 g/mol. The first-order valence-electron chi connectivity index (χ1n) is 15.3. The van der Waals surface area contributed by atoms with Crippen LogP contribution in [0.4, 0.5) is 17.1 Å². The minimum atomic E-state index is -0.359. The highest BCUT2D eigenvalue weighted by Crippen LogP contribution is 2.39. The van der Waals surface area contributed by atoms with E-state index in [4.69, 9.17) is 4.42 Å². The maximum absolute atomic E-state index is 13.4. The number of oxazole rings is 1. The summed E-state index contributed by atoms with van der Waals surface area (Å²) in [7, 11) is 0. The lowest BCUT2D eigenvalue weighted by molar-refractivity contribution is 0.0949. The van der Waals surface area contributed by atoms with E-state index in [0.29, 0.717) is 29.6 Å². The van der Waals surface area contributed by atoms with Crippen LogP contribution in [0.2, 0.25) is 0 Å². The van der Waals surface area contributed by atoms with E-state index >= 15 is 0 Å². The number of aromatic nitrogens is 2. The van der Waals surface area contributed by atoms with E-state index in [1.165, 1.54) is 17.5 Å². The Morgan fingerprint density at radius 1 is 0.933 bits per heavy atom. The third kappa shape index (κ3) is 6.46. The molecule has 2 amide bonds. The van der Waals surface area contributed by atoms with E-state index in [9.17, 15) is 9.59 Å². The second-order valence-corrected chi connectivity index (χ2v) is 12.4. The Labute approximate surface area is 265 Å². The molecule has 1 saturated heterocycles. The summed E-state index contributed by atoms with van der Waals surface area (Å²) in [6.45, 7) is 5.73. The van der Waals surface area contributed by atoms with Crippen molar-refractivity contribution in [3.63, 3.8) is 0 Å². The van der Waals surface area contributed by atoms with Crippen molar-refractivity contribution in [1.82, 2.24) is 15.3 Å². The van der Waals surface area contributed by atoms with Crippen LogP contribution in [0.5, 0.6) is 0 Å². The van der Waals surface area contributed by atoms with Crippen LogP contribution in [0.25, 0.3) is 10.6 Å². The van der Waals surface area contributed by atoms with Crippen LogP contribution in [0.15, 0.2) is 89.0 Å². The van der Waals surface area contributed by atoms with Crippen molar-refractivity contribution >= 4 is 40.2 Å². The van der Waals surface area contributed by atoms with Crippen molar-refractivity contribution in [2.45, 2.75) is 32.2 Å². The van der Waals surface area contributed by atoms with Crippen molar-refractivity contribution in [1.29, 1.82) is 0 Å². The van der Waals surface area contributed by atoms with Crippen molar-refractivity contribution < 1.29 is 14.0 Å². The number of hydrogen-bond acceptors (Lipinski definition) is 8. The van der Waals surface area contributed by atoms with Crippen molar-refractivity contribution in [2.75, 3.05) is 41.3 Å². The number of anilines is 3. The highest BCUT2D eigenvalue weighted by molar-refractivity contribution is 7.13. The minimum Gasteiger partial charge on any atom is -0.448 e. The Morgan fingerprint density at radius 3 is 2.49 bits per heavy atom. The highest BCUT2D eigenvalue weighted by Gasteiger charge is 2.30. The van der Waals surface area contributed by atoms with Gasteiger partial charge in [-0.1, -0.05) is 36.4 Å². The number of amides is 2. The van der Waals surface area contributed by atoms with E-state index in [-0.39, 0.29) is 17.5 Å². The lowest BCUT2D eigenvalue weighted by atomic mass is 10.1. The summed E-state index contributed by atoms with van der Waals surface area (Å²) in [6, 6.07) is 21.9. The lowest BCUT2D eigenvalue weighted by Crippen LogP contribution is -2.47. The standard InChI is InChI=1S/C35H34N6O3S/c1-23-5-2-3-8-30(23)40-14-16-41(17-15-40)31-12-11-26(20-28(31)38-33(43)29-22-44-34(39-29)25-9-10-25)32(42)37-21-24-6-4-7-27(19-24)35-36-13-18-45-35/h2-8,11-13,18-20,22,25H,9-10,14-17,21H2,1H3,(H,37,42)(H,38,43). The molecule has 5 aromatic rings. The molecule has 0 spiro atoms. The normalized spacial score (nSPS) is 14.8. The molecule has 2 fully saturated rings. The Balaban J connectivity index is 1.09. The van der Waals surface area contributed by atoms with E-state index < -0.39 is 0 Å². The monoisotopic (exact) mass is 618 g/mol. The van der Waals surface area contributed by atoms with Gasteiger partial charge in [0.1, 0.15) is 11.3 Å². The van der Waals surface area contributed by atoms with Crippen LogP contribution >= 0.6 is 11.3 Å². The second-order valence-electron chi connectivity index (χ2n) is 11.5. The van der Waals surface area contributed by atoms with Gasteiger partial charge in [-0.05, 0) is 61.2 Å². The van der Waals surface area contributed by atoms with E-state index in [1.807, 2.05) is 41.8 Å². The largest absolute Gasteiger partial charge is 0.448 e. The van der Waals surface area contributed by atoms with Gasteiger partial charge in [-0.3, -0.25) is 9.59 Å². The van der Waals surface area contributed by atoms with Crippen molar-refractivity contribution in [2.24, 2.45) is 0 Å². The molecule has 0 atom stereocenters. The van der Waals surface area contributed by atoms with Crippen LogP contribution in [0.1, 0.15) is 56.6 Å². The second kappa shape index (κ2) is 12.6. The highest BCUT2D eigenvalue weighted by atomic mass is 32.1. The molecule has 45 heavy (non-hydrogen) atoms. The summed E-state index contributed by atoms with van der Waals surface area (Å²) in [6.07, 6.45) is 5.27. The van der Waals surface area contributed by atoms with Crippen LogP contribution in [0.3, 0.4) is 0 Å². The summed E-state index contributed by atoms with van der Waals surface area (Å²) in [5.74, 6) is 0.334. The molecule has 228 valence electrons. The maximum atomic E-state index is 13.4. The fraction of sp³-hybridized carbons (Fsp3) is 0.257. The van der Waals surface area contributed by atoms with E-state index in [1.54, 1.807) is 23.6 Å². The third-order valence-corrected chi connectivity index (χ3v) is 9.15. The fourth-order valence-electron chi connectivity index (χ4n) is 5.72. The summed E-state index contributed by atoms with van der Waals surface area (Å²) in [5.41, 5.74) is 6.63. The molecule has 2 aliphatic rings. The van der Waals surface area contributed by atoms with Crippen LogP contribution in [-0.2, 0) is 6.54 Å². The van der Waals surface area contributed by atoms with Gasteiger partial charge in [0.15, 0.2) is 11.6 Å². The quantitative estimate of drug-likeness (QED) is 0.195. The molecule has 3 heterocycles. The molecule has 0 bridgehead atoms. The molecule has 1 aliphatic carbocycles. The van der Waals surface area contributed by atoms with Gasteiger partial charge in [0.25, 0.3) is 11.8 Å². The zero-order valence-electron chi connectivity index (χ0n) is 25.0. The van der Waals surface area contributed by atoms with Gasteiger partial charge in [0.2, 0.25) is 0 Å². The molecule has 3 aromatic carbocycles. The van der Waals surface area contributed by atoms with Gasteiger partial charge in [-0.25, -0.2) is 9.97 Å². The molecule has 0 unspecified atom stereocenters. The number of thiazole rings is 1. The third-order valence-electron chi connectivity index (χ3n) is 8.32. The van der Waals surface area contributed by atoms with Crippen LogP contribution in [0, 0.1) is 6.92 Å². The number of nitrogens with one attached hydrogen (secondary N) is 2. The summed E-state index contributed by atoms with van der Waals surface area (Å²) >= 11 is 1.58. The first-order chi connectivity index (χ1) is 22.0.